The Labute approximate surface area is 223 Å². The number of rotatable bonds is 9. The van der Waals surface area contributed by atoms with Gasteiger partial charge < -0.3 is 24.6 Å². The minimum Gasteiger partial charge on any atom is -0.493 e. The Morgan fingerprint density at radius 1 is 0.947 bits per heavy atom. The van der Waals surface area contributed by atoms with E-state index in [0.29, 0.717) is 67.9 Å². The van der Waals surface area contributed by atoms with E-state index in [1.54, 1.807) is 32.5 Å². The zero-order valence-electron chi connectivity index (χ0n) is 21.9. The van der Waals surface area contributed by atoms with Gasteiger partial charge in [-0.1, -0.05) is 36.4 Å². The fraction of sp³-hybridized carbons (Fsp3) is 0.367. The van der Waals surface area contributed by atoms with Crippen molar-refractivity contribution in [1.29, 1.82) is 0 Å². The van der Waals surface area contributed by atoms with E-state index >= 15 is 0 Å². The number of amides is 2. The van der Waals surface area contributed by atoms with Crippen molar-refractivity contribution in [1.82, 2.24) is 15.2 Å². The van der Waals surface area contributed by atoms with Crippen molar-refractivity contribution in [2.24, 2.45) is 5.92 Å². The quantitative estimate of drug-likeness (QED) is 0.471. The highest BCUT2D eigenvalue weighted by Gasteiger charge is 2.46. The van der Waals surface area contributed by atoms with Gasteiger partial charge in [0.2, 0.25) is 5.91 Å². The number of aromatic nitrogens is 1. The minimum atomic E-state index is -0.157. The van der Waals surface area contributed by atoms with E-state index in [1.165, 1.54) is 5.56 Å². The second-order valence-electron chi connectivity index (χ2n) is 9.74. The first-order valence-electron chi connectivity index (χ1n) is 13.1. The monoisotopic (exact) mass is 514 g/mol. The Kier molecular flexibility index (Phi) is 7.77. The molecule has 1 unspecified atom stereocenters. The van der Waals surface area contributed by atoms with Crippen LogP contribution in [0.2, 0.25) is 0 Å². The highest BCUT2D eigenvalue weighted by molar-refractivity contribution is 5.99. The fourth-order valence-electron chi connectivity index (χ4n) is 5.19. The number of methoxy groups -OCH3 is 2. The summed E-state index contributed by atoms with van der Waals surface area (Å²) in [6.07, 6.45) is 3.30. The highest BCUT2D eigenvalue weighted by atomic mass is 16.5. The van der Waals surface area contributed by atoms with Crippen molar-refractivity contribution in [3.8, 4) is 11.5 Å². The molecule has 2 aliphatic rings. The van der Waals surface area contributed by atoms with Crippen LogP contribution in [0, 0.1) is 5.92 Å². The van der Waals surface area contributed by atoms with Crippen molar-refractivity contribution in [3.05, 3.63) is 83.6 Å². The Morgan fingerprint density at radius 3 is 2.45 bits per heavy atom. The summed E-state index contributed by atoms with van der Waals surface area (Å²) in [5, 5.41) is 3.02. The SMILES string of the molecule is COc1ccc(CCNC(=O)c2cccnc2N2CCN(C(=O)C3C[C@H]3c3ccccc3)CC2)cc1OC. The molecule has 1 aliphatic carbocycles. The van der Waals surface area contributed by atoms with Crippen LogP contribution in [-0.2, 0) is 11.2 Å². The molecular weight excluding hydrogens is 480 g/mol. The largest absolute Gasteiger partial charge is 0.493 e. The first kappa shape index (κ1) is 25.6. The lowest BCUT2D eigenvalue weighted by molar-refractivity contribution is -0.133. The number of carbonyl (C=O) groups excluding carboxylic acids is 2. The number of carbonyl (C=O) groups is 2. The third kappa shape index (κ3) is 5.59. The molecule has 0 bridgehead atoms. The summed E-state index contributed by atoms with van der Waals surface area (Å²) in [4.78, 5) is 34.8. The summed E-state index contributed by atoms with van der Waals surface area (Å²) in [6.45, 7) is 3.05. The molecule has 0 spiro atoms. The van der Waals surface area contributed by atoms with Crippen molar-refractivity contribution in [2.45, 2.75) is 18.8 Å². The zero-order chi connectivity index (χ0) is 26.5. The second kappa shape index (κ2) is 11.5. The van der Waals surface area contributed by atoms with Crippen molar-refractivity contribution in [3.63, 3.8) is 0 Å². The van der Waals surface area contributed by atoms with Gasteiger partial charge in [-0.15, -0.1) is 0 Å². The van der Waals surface area contributed by atoms with Gasteiger partial charge in [0.05, 0.1) is 19.8 Å². The molecule has 2 atom stereocenters. The molecule has 1 N–H and O–H groups in total. The lowest BCUT2D eigenvalue weighted by Crippen LogP contribution is -2.50. The molecule has 1 aromatic heterocycles. The molecule has 8 heteroatoms. The Hall–Kier alpha value is -4.07. The number of ether oxygens (including phenoxy) is 2. The number of piperazine rings is 1. The molecule has 2 heterocycles. The lowest BCUT2D eigenvalue weighted by atomic mass is 10.1. The van der Waals surface area contributed by atoms with Crippen molar-refractivity contribution >= 4 is 17.6 Å². The van der Waals surface area contributed by atoms with Gasteiger partial charge in [0, 0.05) is 44.8 Å². The zero-order valence-corrected chi connectivity index (χ0v) is 21.9. The van der Waals surface area contributed by atoms with Crippen LogP contribution in [0.1, 0.15) is 33.8 Å². The Balaban J connectivity index is 1.15. The van der Waals surface area contributed by atoms with E-state index in [1.807, 2.05) is 41.3 Å². The van der Waals surface area contributed by atoms with Gasteiger partial charge in [-0.25, -0.2) is 4.98 Å². The van der Waals surface area contributed by atoms with E-state index in [2.05, 4.69) is 27.3 Å². The standard InChI is InChI=1S/C30H34N4O4/c1-37-26-11-10-21(19-27(26)38-2)12-14-32-29(35)23-9-6-13-31-28(23)33-15-17-34(18-16-33)30(36)25-20-24(25)22-7-4-3-5-8-22/h3-11,13,19,24-25H,12,14-18,20H2,1-2H3,(H,32,35)/t24-,25?/m0/s1. The van der Waals surface area contributed by atoms with Crippen molar-refractivity contribution in [2.75, 3.05) is 51.8 Å². The number of nitrogens with zero attached hydrogens (tertiary/aromatic N) is 3. The smallest absolute Gasteiger partial charge is 0.255 e. The van der Waals surface area contributed by atoms with E-state index in [0.717, 1.165) is 12.0 Å². The van der Waals surface area contributed by atoms with E-state index in [9.17, 15) is 9.59 Å². The van der Waals surface area contributed by atoms with Crippen LogP contribution in [0.3, 0.4) is 0 Å². The average Bonchev–Trinajstić information content (AvgIpc) is 3.78. The van der Waals surface area contributed by atoms with Gasteiger partial charge in [-0.3, -0.25) is 9.59 Å². The number of hydrogen-bond donors (Lipinski definition) is 1. The van der Waals surface area contributed by atoms with Gasteiger partial charge in [-0.2, -0.15) is 0 Å². The van der Waals surface area contributed by atoms with Gasteiger partial charge in [0.25, 0.3) is 5.91 Å². The molecule has 3 aromatic rings. The average molecular weight is 515 g/mol. The van der Waals surface area contributed by atoms with Crippen LogP contribution in [0.15, 0.2) is 66.9 Å². The summed E-state index contributed by atoms with van der Waals surface area (Å²) in [7, 11) is 3.21. The minimum absolute atomic E-state index is 0.0887. The molecule has 198 valence electrons. The first-order valence-corrected chi connectivity index (χ1v) is 13.1. The number of hydrogen-bond acceptors (Lipinski definition) is 6. The summed E-state index contributed by atoms with van der Waals surface area (Å²) in [6, 6.07) is 19.6. The molecule has 8 nitrogen and oxygen atoms in total. The summed E-state index contributed by atoms with van der Waals surface area (Å²) >= 11 is 0. The van der Waals surface area contributed by atoms with Gasteiger partial charge in [0.1, 0.15) is 5.82 Å². The Morgan fingerprint density at radius 2 is 1.71 bits per heavy atom. The second-order valence-corrected chi connectivity index (χ2v) is 9.74. The fourth-order valence-corrected chi connectivity index (χ4v) is 5.19. The maximum Gasteiger partial charge on any atom is 0.255 e. The lowest BCUT2D eigenvalue weighted by Gasteiger charge is -2.36. The first-order chi connectivity index (χ1) is 18.6. The Bertz CT molecular complexity index is 1270. The van der Waals surface area contributed by atoms with Crippen LogP contribution in [-0.4, -0.2) is 68.6 Å². The predicted molar refractivity (Wildman–Crippen MR) is 146 cm³/mol. The van der Waals surface area contributed by atoms with Gasteiger partial charge in [-0.05, 0) is 54.2 Å². The molecule has 0 radical (unpaired) electrons. The number of pyridine rings is 1. The van der Waals surface area contributed by atoms with Crippen LogP contribution in [0.4, 0.5) is 5.82 Å². The van der Waals surface area contributed by atoms with E-state index < -0.39 is 0 Å². The maximum atomic E-state index is 13.1. The van der Waals surface area contributed by atoms with Crippen LogP contribution < -0.4 is 19.7 Å². The molecular formula is C30H34N4O4. The van der Waals surface area contributed by atoms with Crippen LogP contribution in [0.25, 0.3) is 0 Å². The third-order valence-electron chi connectivity index (χ3n) is 7.40. The summed E-state index contributed by atoms with van der Waals surface area (Å²) in [5.41, 5.74) is 2.84. The van der Waals surface area contributed by atoms with E-state index in [-0.39, 0.29) is 17.7 Å². The molecule has 2 fully saturated rings. The molecule has 2 amide bonds. The van der Waals surface area contributed by atoms with Gasteiger partial charge >= 0.3 is 0 Å². The van der Waals surface area contributed by atoms with Crippen molar-refractivity contribution < 1.29 is 19.1 Å². The molecule has 1 saturated carbocycles. The molecule has 5 rings (SSSR count). The molecule has 2 aromatic carbocycles. The molecule has 38 heavy (non-hydrogen) atoms. The van der Waals surface area contributed by atoms with Crippen LogP contribution >= 0.6 is 0 Å². The molecule has 1 aliphatic heterocycles. The molecule has 1 saturated heterocycles. The van der Waals surface area contributed by atoms with E-state index in [4.69, 9.17) is 9.47 Å². The summed E-state index contributed by atoms with van der Waals surface area (Å²) in [5.74, 6) is 2.52. The van der Waals surface area contributed by atoms with Crippen LogP contribution in [0.5, 0.6) is 11.5 Å². The topological polar surface area (TPSA) is 84.0 Å². The number of benzene rings is 2. The number of nitrogens with one attached hydrogen (secondary N) is 1. The normalized spacial score (nSPS) is 18.6. The third-order valence-corrected chi connectivity index (χ3v) is 7.40. The highest BCUT2D eigenvalue weighted by Crippen LogP contribution is 2.48. The maximum absolute atomic E-state index is 13.1. The predicted octanol–water partition coefficient (Wildman–Crippen LogP) is 3.52. The number of anilines is 1. The van der Waals surface area contributed by atoms with Gasteiger partial charge in [0.15, 0.2) is 11.5 Å². The summed E-state index contributed by atoms with van der Waals surface area (Å²) < 4.78 is 10.7.